The highest BCUT2D eigenvalue weighted by molar-refractivity contribution is 7.90. The number of nitrogens with one attached hydrogen (secondary N) is 1. The highest BCUT2D eigenvalue weighted by atomic mass is 32.2. The second-order valence-corrected chi connectivity index (χ2v) is 11.2. The number of pyridine rings is 1. The molecule has 0 atom stereocenters. The summed E-state index contributed by atoms with van der Waals surface area (Å²) in [5.74, 6) is 0. The van der Waals surface area contributed by atoms with Crippen LogP contribution in [0.2, 0.25) is 0 Å². The maximum Gasteiger partial charge on any atom is 0.269 e. The first-order valence-electron chi connectivity index (χ1n) is 10.4. The van der Waals surface area contributed by atoms with Gasteiger partial charge in [0.15, 0.2) is 5.65 Å². The van der Waals surface area contributed by atoms with Crippen LogP contribution in [0.5, 0.6) is 0 Å². The molecule has 0 fully saturated rings. The third-order valence-electron chi connectivity index (χ3n) is 5.37. The zero-order chi connectivity index (χ0) is 24.5. The average molecular weight is 501 g/mol. The maximum absolute atomic E-state index is 13.4. The van der Waals surface area contributed by atoms with Crippen LogP contribution in [-0.2, 0) is 26.7 Å². The summed E-state index contributed by atoms with van der Waals surface area (Å²) in [6.07, 6.45) is 1.48. The van der Waals surface area contributed by atoms with Crippen molar-refractivity contribution in [1.29, 1.82) is 0 Å². The van der Waals surface area contributed by atoms with Crippen molar-refractivity contribution in [3.8, 4) is 11.1 Å². The maximum atomic E-state index is 13.4. The van der Waals surface area contributed by atoms with Gasteiger partial charge in [-0.15, -0.1) is 0 Å². The Morgan fingerprint density at radius 2 is 1.62 bits per heavy atom. The molecule has 4 N–H and O–H groups in total. The molecule has 0 radical (unpaired) electrons. The van der Waals surface area contributed by atoms with Crippen molar-refractivity contribution < 1.29 is 21.9 Å². The van der Waals surface area contributed by atoms with Crippen LogP contribution in [0.25, 0.3) is 22.2 Å². The van der Waals surface area contributed by atoms with E-state index in [0.29, 0.717) is 16.5 Å². The molecule has 0 aliphatic rings. The van der Waals surface area contributed by atoms with Crippen LogP contribution in [0.3, 0.4) is 0 Å². The zero-order valence-electron chi connectivity index (χ0n) is 18.3. The number of hydrogen-bond acceptors (Lipinski definition) is 7. The van der Waals surface area contributed by atoms with Crippen LogP contribution in [0.4, 0.5) is 0 Å². The largest absolute Gasteiger partial charge is 0.390 e. The number of sulfonamides is 1. The molecule has 0 bridgehead atoms. The van der Waals surface area contributed by atoms with E-state index in [2.05, 4.69) is 9.71 Å². The van der Waals surface area contributed by atoms with Gasteiger partial charge in [-0.2, -0.15) is 0 Å². The smallest absolute Gasteiger partial charge is 0.269 e. The van der Waals surface area contributed by atoms with Gasteiger partial charge in [0, 0.05) is 24.7 Å². The van der Waals surface area contributed by atoms with E-state index in [9.17, 15) is 21.9 Å². The Bertz CT molecular complexity index is 1540. The minimum Gasteiger partial charge on any atom is -0.390 e. The Balaban J connectivity index is 1.83. The highest BCUT2D eigenvalue weighted by Gasteiger charge is 2.25. The van der Waals surface area contributed by atoms with Gasteiger partial charge in [0.25, 0.3) is 10.0 Å². The van der Waals surface area contributed by atoms with E-state index in [0.717, 1.165) is 9.54 Å². The average Bonchev–Trinajstić information content (AvgIpc) is 3.23. The lowest BCUT2D eigenvalue weighted by Crippen LogP contribution is -2.29. The minimum atomic E-state index is -4.02. The van der Waals surface area contributed by atoms with Crippen LogP contribution in [0.1, 0.15) is 11.3 Å². The van der Waals surface area contributed by atoms with Gasteiger partial charge in [0.1, 0.15) is 0 Å². The molecule has 0 unspecified atom stereocenters. The molecule has 11 heteroatoms. The molecule has 0 amide bonds. The van der Waals surface area contributed by atoms with Gasteiger partial charge in [-0.25, -0.2) is 30.5 Å². The number of aliphatic hydroxyl groups is 1. The van der Waals surface area contributed by atoms with Crippen molar-refractivity contribution in [2.75, 3.05) is 13.1 Å². The topological polar surface area (TPSA) is 144 Å². The molecule has 34 heavy (non-hydrogen) atoms. The zero-order valence-corrected chi connectivity index (χ0v) is 20.0. The molecule has 178 valence electrons. The van der Waals surface area contributed by atoms with Crippen LogP contribution < -0.4 is 10.5 Å². The van der Waals surface area contributed by atoms with Gasteiger partial charge in [-0.05, 0) is 54.4 Å². The summed E-state index contributed by atoms with van der Waals surface area (Å²) in [7, 11) is -7.70. The number of aliphatic hydroxyl groups excluding tert-OH is 1. The molecule has 4 aromatic rings. The first-order chi connectivity index (χ1) is 16.2. The number of hydrogen-bond donors (Lipinski definition) is 3. The second kappa shape index (κ2) is 9.28. The Labute approximate surface area is 198 Å². The third-order valence-corrected chi connectivity index (χ3v) is 8.60. The lowest BCUT2D eigenvalue weighted by molar-refractivity contribution is 0.276. The molecule has 0 saturated heterocycles. The monoisotopic (exact) mass is 500 g/mol. The van der Waals surface area contributed by atoms with Crippen LogP contribution in [0, 0.1) is 6.92 Å². The summed E-state index contributed by atoms with van der Waals surface area (Å²) in [5, 5.41) is 10.4. The van der Waals surface area contributed by atoms with Crippen molar-refractivity contribution in [2.24, 2.45) is 5.73 Å². The molecule has 0 aliphatic heterocycles. The summed E-state index contributed by atoms with van der Waals surface area (Å²) in [6, 6.07) is 15.9. The highest BCUT2D eigenvalue weighted by Crippen LogP contribution is 2.32. The Hall–Kier alpha value is -3.09. The molecule has 2 heterocycles. The number of benzene rings is 2. The molecular formula is C23H24N4O5S2. The molecule has 0 saturated carbocycles. The molecule has 2 aromatic carbocycles. The van der Waals surface area contributed by atoms with Gasteiger partial charge in [-0.1, -0.05) is 29.8 Å². The van der Waals surface area contributed by atoms with E-state index in [1.54, 1.807) is 36.4 Å². The fourth-order valence-electron chi connectivity index (χ4n) is 3.66. The van der Waals surface area contributed by atoms with Gasteiger partial charge in [0.2, 0.25) is 10.0 Å². The second-order valence-electron chi connectivity index (χ2n) is 7.68. The molecule has 2 aromatic heterocycles. The van der Waals surface area contributed by atoms with Crippen molar-refractivity contribution in [1.82, 2.24) is 13.7 Å². The molecule has 0 spiro atoms. The fraction of sp³-hybridized carbons (Fsp3) is 0.174. The van der Waals surface area contributed by atoms with Crippen molar-refractivity contribution in [3.05, 3.63) is 78.1 Å². The number of aryl methyl sites for hydroxylation is 1. The predicted molar refractivity (Wildman–Crippen MR) is 129 cm³/mol. The number of fused-ring (bicyclic) bond motifs is 1. The molecular weight excluding hydrogens is 476 g/mol. The SMILES string of the molecule is Cc1ccc(S(=O)(=O)n2c(CO)cc3c(-c4ccc(S(=O)(=O)NCCN)cc4)ccnc32)cc1. The fourth-order valence-corrected chi connectivity index (χ4v) is 6.19. The lowest BCUT2D eigenvalue weighted by Gasteiger charge is -2.11. The molecule has 0 aliphatic carbocycles. The Morgan fingerprint density at radius 1 is 0.971 bits per heavy atom. The van der Waals surface area contributed by atoms with Gasteiger partial charge in [-0.3, -0.25) is 0 Å². The van der Waals surface area contributed by atoms with E-state index in [1.165, 1.54) is 30.5 Å². The number of rotatable bonds is 8. The van der Waals surface area contributed by atoms with Gasteiger partial charge >= 0.3 is 0 Å². The van der Waals surface area contributed by atoms with Crippen LogP contribution in [0.15, 0.2) is 76.7 Å². The third kappa shape index (κ3) is 4.36. The van der Waals surface area contributed by atoms with E-state index < -0.39 is 26.7 Å². The van der Waals surface area contributed by atoms with E-state index >= 15 is 0 Å². The van der Waals surface area contributed by atoms with Crippen molar-refractivity contribution in [3.63, 3.8) is 0 Å². The van der Waals surface area contributed by atoms with Crippen molar-refractivity contribution >= 4 is 31.1 Å². The standard InChI is InChI=1S/C23H24N4O5S2/c1-16-2-6-20(7-3-16)34(31,32)27-18(15-28)14-22-21(10-12-25-23(22)27)17-4-8-19(9-5-17)33(29,30)26-13-11-24/h2-10,12,14,26,28H,11,13,15,24H2,1H3. The quantitative estimate of drug-likeness (QED) is 0.335. The predicted octanol–water partition coefficient (Wildman–Crippen LogP) is 1.98. The lowest BCUT2D eigenvalue weighted by atomic mass is 10.0. The number of aromatic nitrogens is 2. The summed E-state index contributed by atoms with van der Waals surface area (Å²) in [6.45, 7) is 1.66. The van der Waals surface area contributed by atoms with Gasteiger partial charge < -0.3 is 10.8 Å². The van der Waals surface area contributed by atoms with Crippen molar-refractivity contribution in [2.45, 2.75) is 23.3 Å². The van der Waals surface area contributed by atoms with E-state index in [-0.39, 0.29) is 34.2 Å². The number of nitrogens with zero attached hydrogens (tertiary/aromatic N) is 2. The Morgan fingerprint density at radius 3 is 2.24 bits per heavy atom. The van der Waals surface area contributed by atoms with E-state index in [1.807, 2.05) is 6.92 Å². The Kier molecular flexibility index (Phi) is 6.56. The van der Waals surface area contributed by atoms with Crippen LogP contribution in [-0.4, -0.2) is 44.0 Å². The molecule has 9 nitrogen and oxygen atoms in total. The first kappa shape index (κ1) is 24.0. The molecule has 4 rings (SSSR count). The minimum absolute atomic E-state index is 0.0806. The van der Waals surface area contributed by atoms with Gasteiger partial charge in [0.05, 0.1) is 22.1 Å². The summed E-state index contributed by atoms with van der Waals surface area (Å²) in [4.78, 5) is 4.46. The summed E-state index contributed by atoms with van der Waals surface area (Å²) < 4.78 is 55.0. The summed E-state index contributed by atoms with van der Waals surface area (Å²) in [5.41, 5.74) is 7.94. The number of nitrogens with two attached hydrogens (primary N) is 1. The first-order valence-corrected chi connectivity index (χ1v) is 13.3. The van der Waals surface area contributed by atoms with Crippen LogP contribution >= 0.6 is 0 Å². The van der Waals surface area contributed by atoms with E-state index in [4.69, 9.17) is 5.73 Å². The summed E-state index contributed by atoms with van der Waals surface area (Å²) >= 11 is 0. The normalized spacial score (nSPS) is 12.3.